The third-order valence-corrected chi connectivity index (χ3v) is 9.19. The van der Waals surface area contributed by atoms with Gasteiger partial charge in [-0.05, 0) is 62.4 Å². The summed E-state index contributed by atoms with van der Waals surface area (Å²) in [7, 11) is 0. The van der Waals surface area contributed by atoms with E-state index >= 15 is 0 Å². The van der Waals surface area contributed by atoms with Gasteiger partial charge in [-0.2, -0.15) is 0 Å². The highest BCUT2D eigenvalue weighted by Gasteiger charge is 2.22. The van der Waals surface area contributed by atoms with Crippen LogP contribution >= 0.6 is 0 Å². The van der Waals surface area contributed by atoms with Crippen LogP contribution in [0, 0.1) is 0 Å². The summed E-state index contributed by atoms with van der Waals surface area (Å²) in [5.74, 6) is 1.83. The number of benzene rings is 6. The van der Waals surface area contributed by atoms with E-state index in [1.807, 2.05) is 54.6 Å². The fraction of sp³-hybridized carbons (Fsp3) is 0. The molecule has 3 aromatic heterocycles. The molecule has 0 radical (unpaired) electrons. The van der Waals surface area contributed by atoms with Crippen LogP contribution in [-0.2, 0) is 0 Å². The number of hydrogen-bond acceptors (Lipinski definition) is 5. The van der Waals surface area contributed by atoms with Crippen molar-refractivity contribution in [2.24, 2.45) is 0 Å². The molecule has 0 bridgehead atoms. The van der Waals surface area contributed by atoms with Crippen molar-refractivity contribution in [3.05, 3.63) is 146 Å². The predicted molar refractivity (Wildman–Crippen MR) is 189 cm³/mol. The van der Waals surface area contributed by atoms with Gasteiger partial charge in [0.15, 0.2) is 23.1 Å². The van der Waals surface area contributed by atoms with Crippen LogP contribution < -0.4 is 0 Å². The second-order valence-corrected chi connectivity index (χ2v) is 11.9. The molecule has 0 unspecified atom stereocenters. The van der Waals surface area contributed by atoms with Crippen molar-refractivity contribution in [1.82, 2.24) is 19.9 Å². The molecule has 5 nitrogen and oxygen atoms in total. The van der Waals surface area contributed by atoms with Crippen LogP contribution in [0.5, 0.6) is 0 Å². The van der Waals surface area contributed by atoms with E-state index in [2.05, 4.69) is 83.8 Å². The van der Waals surface area contributed by atoms with Gasteiger partial charge in [0, 0.05) is 33.7 Å². The lowest BCUT2D eigenvalue weighted by molar-refractivity contribution is 0.667. The minimum atomic E-state index is 0.593. The van der Waals surface area contributed by atoms with Gasteiger partial charge in [-0.1, -0.05) is 115 Å². The monoisotopic (exact) mass is 600 g/mol. The van der Waals surface area contributed by atoms with Crippen molar-refractivity contribution in [1.29, 1.82) is 0 Å². The average molecular weight is 601 g/mol. The Balaban J connectivity index is 1.09. The molecule has 0 saturated carbocycles. The molecule has 0 fully saturated rings. The molecule has 0 spiro atoms. The molecule has 10 rings (SSSR count). The van der Waals surface area contributed by atoms with E-state index in [-0.39, 0.29) is 0 Å². The van der Waals surface area contributed by atoms with Crippen molar-refractivity contribution in [2.75, 3.05) is 0 Å². The zero-order valence-electron chi connectivity index (χ0n) is 25.1. The summed E-state index contributed by atoms with van der Waals surface area (Å²) >= 11 is 0. The van der Waals surface area contributed by atoms with Gasteiger partial charge >= 0.3 is 0 Å². The Hall–Kier alpha value is -6.46. The number of fused-ring (bicyclic) bond motifs is 6. The predicted octanol–water partition coefficient (Wildman–Crippen LogP) is 10.6. The van der Waals surface area contributed by atoms with Crippen LogP contribution in [0.1, 0.15) is 0 Å². The van der Waals surface area contributed by atoms with Gasteiger partial charge in [-0.3, -0.25) is 4.98 Å². The highest BCUT2D eigenvalue weighted by atomic mass is 16.3. The summed E-state index contributed by atoms with van der Waals surface area (Å²) in [6, 6.07) is 46.5. The fourth-order valence-electron chi connectivity index (χ4n) is 6.99. The molecule has 9 aromatic rings. The van der Waals surface area contributed by atoms with Crippen LogP contribution in [0.15, 0.2) is 150 Å². The minimum absolute atomic E-state index is 0.593. The first kappa shape index (κ1) is 25.8. The Morgan fingerprint density at radius 2 is 1.06 bits per heavy atom. The van der Waals surface area contributed by atoms with Gasteiger partial charge < -0.3 is 4.42 Å². The maximum atomic E-state index is 6.13. The van der Waals surface area contributed by atoms with Crippen LogP contribution in [0.4, 0.5) is 0 Å². The normalized spacial score (nSPS) is 11.8. The van der Waals surface area contributed by atoms with E-state index in [4.69, 9.17) is 19.4 Å². The van der Waals surface area contributed by atoms with Crippen LogP contribution in [0.3, 0.4) is 0 Å². The van der Waals surface area contributed by atoms with Gasteiger partial charge in [0.1, 0.15) is 5.58 Å². The van der Waals surface area contributed by atoms with Gasteiger partial charge in [0.25, 0.3) is 0 Å². The summed E-state index contributed by atoms with van der Waals surface area (Å²) in [5.41, 5.74) is 11.7. The Kier molecular flexibility index (Phi) is 5.51. The molecule has 6 aromatic carbocycles. The van der Waals surface area contributed by atoms with Gasteiger partial charge in [-0.15, -0.1) is 0 Å². The maximum Gasteiger partial charge on any atom is 0.164 e. The Labute approximate surface area is 269 Å². The minimum Gasteiger partial charge on any atom is -0.454 e. The standard InChI is InChI=1S/C42H24N4O/c1-2-7-27(8-3-1)40-44-41(46-42(45-40)34-13-6-14-36-39(34)33-21-22-43-24-37(33)47-36)28-17-15-25(16-18-28)29-19-20-30-31-11-4-9-26-10-5-12-32(38(26)31)35(30)23-29/h1-24H. The first-order chi connectivity index (χ1) is 23.3. The molecule has 0 atom stereocenters. The Bertz CT molecular complexity index is 2670. The third-order valence-electron chi connectivity index (χ3n) is 9.19. The van der Waals surface area contributed by atoms with E-state index in [1.165, 1.54) is 38.6 Å². The quantitative estimate of drug-likeness (QED) is 0.201. The summed E-state index contributed by atoms with van der Waals surface area (Å²) in [4.78, 5) is 19.3. The van der Waals surface area contributed by atoms with Crippen molar-refractivity contribution in [3.63, 3.8) is 0 Å². The molecule has 47 heavy (non-hydrogen) atoms. The fourth-order valence-corrected chi connectivity index (χ4v) is 6.99. The molecular formula is C42H24N4O. The number of pyridine rings is 1. The largest absolute Gasteiger partial charge is 0.454 e. The van der Waals surface area contributed by atoms with Crippen molar-refractivity contribution >= 4 is 32.7 Å². The first-order valence-electron chi connectivity index (χ1n) is 15.6. The number of furan rings is 1. The lowest BCUT2D eigenvalue weighted by Crippen LogP contribution is -2.00. The molecule has 3 heterocycles. The first-order valence-corrected chi connectivity index (χ1v) is 15.6. The summed E-state index contributed by atoms with van der Waals surface area (Å²) in [6.45, 7) is 0. The smallest absolute Gasteiger partial charge is 0.164 e. The van der Waals surface area contributed by atoms with E-state index in [9.17, 15) is 0 Å². The number of nitrogens with zero attached hydrogens (tertiary/aromatic N) is 4. The highest BCUT2D eigenvalue weighted by molar-refractivity contribution is 6.15. The summed E-state index contributed by atoms with van der Waals surface area (Å²) in [5, 5.41) is 4.56. The van der Waals surface area contributed by atoms with Crippen LogP contribution in [0.2, 0.25) is 0 Å². The molecule has 0 aliphatic heterocycles. The van der Waals surface area contributed by atoms with Gasteiger partial charge in [0.05, 0.1) is 6.20 Å². The molecular weight excluding hydrogens is 576 g/mol. The molecule has 0 N–H and O–H groups in total. The van der Waals surface area contributed by atoms with Crippen LogP contribution in [-0.4, -0.2) is 19.9 Å². The molecule has 1 aliphatic carbocycles. The van der Waals surface area contributed by atoms with Gasteiger partial charge in [-0.25, -0.2) is 15.0 Å². The summed E-state index contributed by atoms with van der Waals surface area (Å²) in [6.07, 6.45) is 3.53. The van der Waals surface area contributed by atoms with E-state index in [0.717, 1.165) is 44.2 Å². The number of hydrogen-bond donors (Lipinski definition) is 0. The zero-order chi connectivity index (χ0) is 30.9. The SMILES string of the molecule is c1ccc(-c2nc(-c3ccc(-c4ccc5c(c4)-c4cccc6cccc-5c46)cc3)nc(-c3cccc4oc5cnccc5c34)n2)cc1. The van der Waals surface area contributed by atoms with E-state index in [1.54, 1.807) is 12.4 Å². The molecule has 1 aliphatic rings. The third kappa shape index (κ3) is 4.03. The Morgan fingerprint density at radius 1 is 0.404 bits per heavy atom. The molecule has 0 amide bonds. The molecule has 5 heteroatoms. The van der Waals surface area contributed by atoms with Crippen LogP contribution in [0.25, 0.3) is 100 Å². The lowest BCUT2D eigenvalue weighted by Gasteiger charge is -2.10. The lowest BCUT2D eigenvalue weighted by atomic mass is 9.97. The second-order valence-electron chi connectivity index (χ2n) is 11.9. The number of aromatic nitrogens is 4. The van der Waals surface area contributed by atoms with Crippen molar-refractivity contribution in [3.8, 4) is 67.5 Å². The maximum absolute atomic E-state index is 6.13. The van der Waals surface area contributed by atoms with Gasteiger partial charge in [0.2, 0.25) is 0 Å². The topological polar surface area (TPSA) is 64.7 Å². The van der Waals surface area contributed by atoms with Crippen molar-refractivity contribution < 1.29 is 4.42 Å². The number of rotatable bonds is 4. The highest BCUT2D eigenvalue weighted by Crippen LogP contribution is 2.48. The average Bonchev–Trinajstić information content (AvgIpc) is 3.69. The Morgan fingerprint density at radius 3 is 1.87 bits per heavy atom. The van der Waals surface area contributed by atoms with Crippen molar-refractivity contribution in [2.45, 2.75) is 0 Å². The van der Waals surface area contributed by atoms with E-state index in [0.29, 0.717) is 17.5 Å². The second kappa shape index (κ2) is 10.0. The summed E-state index contributed by atoms with van der Waals surface area (Å²) < 4.78 is 6.13. The zero-order valence-corrected chi connectivity index (χ0v) is 25.1. The molecule has 0 saturated heterocycles. The van der Waals surface area contributed by atoms with E-state index < -0.39 is 0 Å². The molecule has 218 valence electrons.